The SMILES string of the molecule is OC[C@H](O)[C@@H]1O[C@H](O)[C@@H](O)[C@@H]1O. The van der Waals surface area contributed by atoms with Gasteiger partial charge in [0.25, 0.3) is 0 Å². The zero-order valence-electron chi connectivity index (χ0n) is 6.24. The summed E-state index contributed by atoms with van der Waals surface area (Å²) in [6, 6.07) is 0. The van der Waals surface area contributed by atoms with Crippen molar-refractivity contribution in [3.8, 4) is 0 Å². The van der Waals surface area contributed by atoms with E-state index in [1.165, 1.54) is 0 Å². The van der Waals surface area contributed by atoms with E-state index >= 15 is 0 Å². The Kier molecular flexibility index (Phi) is 2.99. The van der Waals surface area contributed by atoms with Crippen molar-refractivity contribution < 1.29 is 30.3 Å². The van der Waals surface area contributed by atoms with Gasteiger partial charge in [-0.25, -0.2) is 0 Å². The van der Waals surface area contributed by atoms with Gasteiger partial charge in [0.05, 0.1) is 6.61 Å². The molecule has 72 valence electrons. The van der Waals surface area contributed by atoms with Gasteiger partial charge in [-0.3, -0.25) is 0 Å². The third-order valence-corrected chi connectivity index (χ3v) is 1.84. The van der Waals surface area contributed by atoms with Crippen molar-refractivity contribution >= 4 is 0 Å². The molecule has 0 aliphatic carbocycles. The zero-order chi connectivity index (χ0) is 9.30. The Morgan fingerprint density at radius 1 is 1.17 bits per heavy atom. The summed E-state index contributed by atoms with van der Waals surface area (Å²) in [5, 5.41) is 44.4. The molecule has 1 heterocycles. The smallest absolute Gasteiger partial charge is 0.184 e. The summed E-state index contributed by atoms with van der Waals surface area (Å²) < 4.78 is 4.58. The lowest BCUT2D eigenvalue weighted by Gasteiger charge is -2.18. The van der Waals surface area contributed by atoms with Crippen LogP contribution in [0.15, 0.2) is 0 Å². The van der Waals surface area contributed by atoms with Gasteiger partial charge in [-0.15, -0.1) is 0 Å². The highest BCUT2D eigenvalue weighted by atomic mass is 16.6. The minimum atomic E-state index is -1.51. The summed E-state index contributed by atoms with van der Waals surface area (Å²) in [7, 11) is 0. The van der Waals surface area contributed by atoms with Crippen molar-refractivity contribution in [1.82, 2.24) is 0 Å². The zero-order valence-corrected chi connectivity index (χ0v) is 6.24. The second-order valence-corrected chi connectivity index (χ2v) is 2.72. The topological polar surface area (TPSA) is 110 Å². The van der Waals surface area contributed by atoms with E-state index in [4.69, 9.17) is 25.5 Å². The molecule has 6 nitrogen and oxygen atoms in total. The first-order chi connectivity index (χ1) is 5.57. The van der Waals surface area contributed by atoms with E-state index in [-0.39, 0.29) is 0 Å². The van der Waals surface area contributed by atoms with Crippen molar-refractivity contribution in [2.45, 2.75) is 30.7 Å². The van der Waals surface area contributed by atoms with Crippen molar-refractivity contribution in [1.29, 1.82) is 0 Å². The molecule has 5 atom stereocenters. The fourth-order valence-electron chi connectivity index (χ4n) is 1.11. The van der Waals surface area contributed by atoms with Gasteiger partial charge in [0.15, 0.2) is 6.29 Å². The first kappa shape index (κ1) is 9.85. The highest BCUT2D eigenvalue weighted by Gasteiger charge is 2.44. The predicted octanol–water partition coefficient (Wildman–Crippen LogP) is -3.22. The van der Waals surface area contributed by atoms with E-state index in [9.17, 15) is 0 Å². The van der Waals surface area contributed by atoms with Gasteiger partial charge >= 0.3 is 0 Å². The maximum atomic E-state index is 9.12. The van der Waals surface area contributed by atoms with Crippen LogP contribution in [-0.2, 0) is 4.74 Å². The Balaban J connectivity index is 2.58. The maximum absolute atomic E-state index is 9.12. The van der Waals surface area contributed by atoms with Crippen LogP contribution in [-0.4, -0.2) is 62.8 Å². The lowest BCUT2D eigenvalue weighted by molar-refractivity contribution is -0.150. The largest absolute Gasteiger partial charge is 0.394 e. The molecule has 1 rings (SSSR count). The number of rotatable bonds is 2. The summed E-state index contributed by atoms with van der Waals surface area (Å²) in [6.45, 7) is -0.596. The molecule has 0 aromatic heterocycles. The Morgan fingerprint density at radius 2 is 1.75 bits per heavy atom. The van der Waals surface area contributed by atoms with E-state index in [2.05, 4.69) is 4.74 Å². The Labute approximate surface area is 68.6 Å². The van der Waals surface area contributed by atoms with Gasteiger partial charge in [-0.1, -0.05) is 0 Å². The second-order valence-electron chi connectivity index (χ2n) is 2.72. The standard InChI is InChI=1S/C6H12O6/c7-1-2(8)5-3(9)4(10)6(11)12-5/h2-11H,1H2/t2-,3-,4-,5-,6-/m0/s1. The summed E-state index contributed by atoms with van der Waals surface area (Å²) in [4.78, 5) is 0. The molecule has 5 N–H and O–H groups in total. The van der Waals surface area contributed by atoms with E-state index < -0.39 is 37.3 Å². The quantitative estimate of drug-likeness (QED) is 0.306. The number of ether oxygens (including phenoxy) is 1. The first-order valence-corrected chi connectivity index (χ1v) is 3.56. The van der Waals surface area contributed by atoms with Crippen LogP contribution in [0, 0.1) is 0 Å². The van der Waals surface area contributed by atoms with Gasteiger partial charge < -0.3 is 30.3 Å². The predicted molar refractivity (Wildman–Crippen MR) is 36.0 cm³/mol. The average Bonchev–Trinajstić information content (AvgIpc) is 2.32. The molecule has 0 spiro atoms. The highest BCUT2D eigenvalue weighted by Crippen LogP contribution is 2.21. The molecule has 0 saturated carbocycles. The van der Waals surface area contributed by atoms with Crippen LogP contribution < -0.4 is 0 Å². The van der Waals surface area contributed by atoms with Crippen LogP contribution in [0.4, 0.5) is 0 Å². The summed E-state index contributed by atoms with van der Waals surface area (Å²) >= 11 is 0. The van der Waals surface area contributed by atoms with Crippen molar-refractivity contribution in [3.05, 3.63) is 0 Å². The summed E-state index contributed by atoms with van der Waals surface area (Å²) in [5.74, 6) is 0. The van der Waals surface area contributed by atoms with Gasteiger partial charge in [0.2, 0.25) is 0 Å². The van der Waals surface area contributed by atoms with Crippen LogP contribution in [0.2, 0.25) is 0 Å². The van der Waals surface area contributed by atoms with Crippen molar-refractivity contribution in [2.24, 2.45) is 0 Å². The Bertz CT molecular complexity index is 151. The minimum absolute atomic E-state index is 0.596. The van der Waals surface area contributed by atoms with Gasteiger partial charge in [0.1, 0.15) is 24.4 Å². The third kappa shape index (κ3) is 1.58. The lowest BCUT2D eigenvalue weighted by atomic mass is 10.1. The number of aliphatic hydroxyl groups excluding tert-OH is 5. The van der Waals surface area contributed by atoms with Crippen LogP contribution in [0.3, 0.4) is 0 Å². The third-order valence-electron chi connectivity index (χ3n) is 1.84. The number of hydrogen-bond donors (Lipinski definition) is 5. The van der Waals surface area contributed by atoms with Gasteiger partial charge in [-0.2, -0.15) is 0 Å². The van der Waals surface area contributed by atoms with Crippen LogP contribution in [0.1, 0.15) is 0 Å². The first-order valence-electron chi connectivity index (χ1n) is 3.56. The molecule has 1 aliphatic heterocycles. The lowest BCUT2D eigenvalue weighted by Crippen LogP contribution is -2.40. The molecule has 0 amide bonds. The Morgan fingerprint density at radius 3 is 2.08 bits per heavy atom. The normalized spacial score (nSPS) is 44.8. The molecule has 1 fully saturated rings. The summed E-state index contributed by atoms with van der Waals surface area (Å²) in [6.07, 6.45) is -6.75. The van der Waals surface area contributed by atoms with E-state index in [0.717, 1.165) is 0 Å². The molecule has 0 aromatic carbocycles. The van der Waals surface area contributed by atoms with E-state index in [0.29, 0.717) is 0 Å². The van der Waals surface area contributed by atoms with E-state index in [1.807, 2.05) is 0 Å². The van der Waals surface area contributed by atoms with Crippen LogP contribution in [0.5, 0.6) is 0 Å². The Hall–Kier alpha value is -0.240. The van der Waals surface area contributed by atoms with Gasteiger partial charge in [0, 0.05) is 0 Å². The van der Waals surface area contributed by atoms with Gasteiger partial charge in [-0.05, 0) is 0 Å². The second kappa shape index (κ2) is 3.65. The fourth-order valence-corrected chi connectivity index (χ4v) is 1.11. The van der Waals surface area contributed by atoms with E-state index in [1.54, 1.807) is 0 Å². The van der Waals surface area contributed by atoms with Crippen LogP contribution >= 0.6 is 0 Å². The summed E-state index contributed by atoms with van der Waals surface area (Å²) in [5.41, 5.74) is 0. The molecule has 12 heavy (non-hydrogen) atoms. The number of aliphatic hydroxyl groups is 5. The molecule has 0 aromatic rings. The molecule has 6 heteroatoms. The maximum Gasteiger partial charge on any atom is 0.184 e. The molecule has 0 radical (unpaired) electrons. The monoisotopic (exact) mass is 180 g/mol. The minimum Gasteiger partial charge on any atom is -0.394 e. The van der Waals surface area contributed by atoms with Crippen LogP contribution in [0.25, 0.3) is 0 Å². The average molecular weight is 180 g/mol. The molecular weight excluding hydrogens is 168 g/mol. The molecule has 0 bridgehead atoms. The van der Waals surface area contributed by atoms with Crippen molar-refractivity contribution in [3.63, 3.8) is 0 Å². The fraction of sp³-hybridized carbons (Fsp3) is 1.00. The highest BCUT2D eigenvalue weighted by molar-refractivity contribution is 4.89. The number of hydrogen-bond acceptors (Lipinski definition) is 6. The molecular formula is C6H12O6. The molecule has 1 aliphatic rings. The molecule has 0 unspecified atom stereocenters. The molecule has 1 saturated heterocycles. The van der Waals surface area contributed by atoms with Crippen molar-refractivity contribution in [2.75, 3.05) is 6.61 Å².